The van der Waals surface area contributed by atoms with Crippen LogP contribution in [0, 0.1) is 0 Å². The smallest absolute Gasteiger partial charge is 0.128 e. The van der Waals surface area contributed by atoms with Gasteiger partial charge in [-0.1, -0.05) is 6.07 Å². The van der Waals surface area contributed by atoms with Gasteiger partial charge in [-0.05, 0) is 32.4 Å². The Hall–Kier alpha value is -0.740. The third-order valence-corrected chi connectivity index (χ3v) is 4.34. The van der Waals surface area contributed by atoms with Crippen molar-refractivity contribution in [1.82, 2.24) is 4.98 Å². The summed E-state index contributed by atoms with van der Waals surface area (Å²) in [6.07, 6.45) is 1.90. The zero-order valence-corrected chi connectivity index (χ0v) is 11.6. The van der Waals surface area contributed by atoms with Gasteiger partial charge in [0, 0.05) is 35.8 Å². The van der Waals surface area contributed by atoms with Gasteiger partial charge in [0.1, 0.15) is 5.82 Å². The summed E-state index contributed by atoms with van der Waals surface area (Å²) in [6.45, 7) is 8.71. The largest absolute Gasteiger partial charge is 0.354 e. The minimum absolute atomic E-state index is 0.0601. The molecule has 2 N–H and O–H groups in total. The molecule has 0 aromatic carbocycles. The quantitative estimate of drug-likeness (QED) is 0.876. The van der Waals surface area contributed by atoms with Gasteiger partial charge in [-0.15, -0.1) is 0 Å². The van der Waals surface area contributed by atoms with E-state index in [4.69, 9.17) is 5.73 Å². The van der Waals surface area contributed by atoms with Crippen molar-refractivity contribution in [2.75, 3.05) is 23.7 Å². The van der Waals surface area contributed by atoms with Crippen LogP contribution in [0.2, 0.25) is 0 Å². The molecule has 1 aromatic rings. The topological polar surface area (TPSA) is 42.1 Å². The second kappa shape index (κ2) is 4.86. The SMILES string of the molecule is C[C@@H](N)c1ccc(N2CCSC(C)(C)C2)nc1. The second-order valence-electron chi connectivity index (χ2n) is 5.27. The van der Waals surface area contributed by atoms with E-state index < -0.39 is 0 Å². The van der Waals surface area contributed by atoms with Crippen LogP contribution in [0.15, 0.2) is 18.3 Å². The number of nitrogens with two attached hydrogens (primary N) is 1. The summed E-state index contributed by atoms with van der Waals surface area (Å²) in [5.74, 6) is 2.24. The van der Waals surface area contributed by atoms with Crippen LogP contribution >= 0.6 is 11.8 Å². The van der Waals surface area contributed by atoms with Crippen LogP contribution in [-0.2, 0) is 0 Å². The van der Waals surface area contributed by atoms with Crippen molar-refractivity contribution in [2.24, 2.45) is 5.73 Å². The lowest BCUT2D eigenvalue weighted by Crippen LogP contribution is -2.43. The molecule has 1 aliphatic heterocycles. The molecule has 0 aliphatic carbocycles. The summed E-state index contributed by atoms with van der Waals surface area (Å²) in [5, 5.41) is 0. The maximum Gasteiger partial charge on any atom is 0.128 e. The Kier molecular flexibility index (Phi) is 3.64. The first-order valence-electron chi connectivity index (χ1n) is 6.08. The molecule has 1 aliphatic rings. The van der Waals surface area contributed by atoms with Gasteiger partial charge < -0.3 is 10.6 Å². The highest BCUT2D eigenvalue weighted by atomic mass is 32.2. The number of hydrogen-bond donors (Lipinski definition) is 1. The molecule has 0 saturated carbocycles. The van der Waals surface area contributed by atoms with Crippen LogP contribution in [0.3, 0.4) is 0 Å². The Bertz CT molecular complexity index is 373. The van der Waals surface area contributed by atoms with Gasteiger partial charge in [-0.3, -0.25) is 0 Å². The number of rotatable bonds is 2. The van der Waals surface area contributed by atoms with E-state index in [1.165, 1.54) is 5.75 Å². The first-order chi connectivity index (χ1) is 7.98. The summed E-state index contributed by atoms with van der Waals surface area (Å²) >= 11 is 2.04. The van der Waals surface area contributed by atoms with Crippen molar-refractivity contribution in [3.05, 3.63) is 23.9 Å². The number of anilines is 1. The molecule has 17 heavy (non-hydrogen) atoms. The third-order valence-electron chi connectivity index (χ3n) is 3.05. The minimum Gasteiger partial charge on any atom is -0.354 e. The van der Waals surface area contributed by atoms with E-state index in [1.54, 1.807) is 0 Å². The molecule has 1 aromatic heterocycles. The van der Waals surface area contributed by atoms with E-state index in [9.17, 15) is 0 Å². The van der Waals surface area contributed by atoms with Crippen molar-refractivity contribution in [3.8, 4) is 0 Å². The van der Waals surface area contributed by atoms with Gasteiger partial charge in [-0.2, -0.15) is 11.8 Å². The van der Waals surface area contributed by atoms with Crippen LogP contribution in [0.4, 0.5) is 5.82 Å². The Balaban J connectivity index is 2.12. The summed E-state index contributed by atoms with van der Waals surface area (Å²) in [7, 11) is 0. The molecule has 1 fully saturated rings. The lowest BCUT2D eigenvalue weighted by molar-refractivity contribution is 0.641. The van der Waals surface area contributed by atoms with E-state index in [2.05, 4.69) is 35.9 Å². The number of nitrogens with zero attached hydrogens (tertiary/aromatic N) is 2. The van der Waals surface area contributed by atoms with E-state index in [-0.39, 0.29) is 6.04 Å². The molecule has 94 valence electrons. The predicted octanol–water partition coefficient (Wildman–Crippen LogP) is 2.43. The normalized spacial score (nSPS) is 21.3. The van der Waals surface area contributed by atoms with Crippen molar-refractivity contribution >= 4 is 17.6 Å². The second-order valence-corrected chi connectivity index (χ2v) is 7.07. The van der Waals surface area contributed by atoms with Gasteiger partial charge in [0.05, 0.1) is 0 Å². The Morgan fingerprint density at radius 2 is 2.24 bits per heavy atom. The molecule has 2 heterocycles. The minimum atomic E-state index is 0.0601. The Labute approximate surface area is 108 Å². The van der Waals surface area contributed by atoms with Crippen molar-refractivity contribution in [3.63, 3.8) is 0 Å². The van der Waals surface area contributed by atoms with Gasteiger partial charge >= 0.3 is 0 Å². The molecule has 1 atom stereocenters. The zero-order valence-electron chi connectivity index (χ0n) is 10.8. The van der Waals surface area contributed by atoms with E-state index in [0.29, 0.717) is 4.75 Å². The fourth-order valence-corrected chi connectivity index (χ4v) is 3.18. The lowest BCUT2D eigenvalue weighted by Gasteiger charge is -2.38. The van der Waals surface area contributed by atoms with Gasteiger partial charge in [0.15, 0.2) is 0 Å². The number of aromatic nitrogens is 1. The molecule has 0 bridgehead atoms. The van der Waals surface area contributed by atoms with Crippen LogP contribution in [-0.4, -0.2) is 28.6 Å². The first kappa shape index (κ1) is 12.7. The molecular weight excluding hydrogens is 230 g/mol. The highest BCUT2D eigenvalue weighted by Gasteiger charge is 2.27. The molecule has 0 radical (unpaired) electrons. The summed E-state index contributed by atoms with van der Waals surface area (Å²) in [4.78, 5) is 6.89. The molecule has 3 nitrogen and oxygen atoms in total. The third kappa shape index (κ3) is 3.13. The molecule has 1 saturated heterocycles. The maximum absolute atomic E-state index is 5.83. The zero-order chi connectivity index (χ0) is 12.5. The van der Waals surface area contributed by atoms with Crippen molar-refractivity contribution in [1.29, 1.82) is 0 Å². The van der Waals surface area contributed by atoms with E-state index in [0.717, 1.165) is 24.5 Å². The summed E-state index contributed by atoms with van der Waals surface area (Å²) in [6, 6.07) is 4.23. The maximum atomic E-state index is 5.83. The van der Waals surface area contributed by atoms with Crippen LogP contribution in [0.25, 0.3) is 0 Å². The molecule has 4 heteroatoms. The van der Waals surface area contributed by atoms with Gasteiger partial charge in [0.2, 0.25) is 0 Å². The first-order valence-corrected chi connectivity index (χ1v) is 7.07. The molecule has 2 rings (SSSR count). The molecular formula is C13H21N3S. The van der Waals surface area contributed by atoms with E-state index in [1.807, 2.05) is 24.9 Å². The number of pyridine rings is 1. The molecule has 0 spiro atoms. The predicted molar refractivity (Wildman–Crippen MR) is 75.6 cm³/mol. The van der Waals surface area contributed by atoms with Crippen LogP contribution in [0.5, 0.6) is 0 Å². The molecule has 0 amide bonds. The Morgan fingerprint density at radius 3 is 2.76 bits per heavy atom. The van der Waals surface area contributed by atoms with Crippen LogP contribution < -0.4 is 10.6 Å². The summed E-state index contributed by atoms with van der Waals surface area (Å²) in [5.41, 5.74) is 6.93. The summed E-state index contributed by atoms with van der Waals surface area (Å²) < 4.78 is 0.319. The van der Waals surface area contributed by atoms with E-state index >= 15 is 0 Å². The highest BCUT2D eigenvalue weighted by Crippen LogP contribution is 2.31. The lowest BCUT2D eigenvalue weighted by atomic mass is 10.1. The Morgan fingerprint density at radius 1 is 1.47 bits per heavy atom. The molecule has 0 unspecified atom stereocenters. The average Bonchev–Trinajstić information content (AvgIpc) is 2.28. The highest BCUT2D eigenvalue weighted by molar-refractivity contribution is 8.00. The monoisotopic (exact) mass is 251 g/mol. The van der Waals surface area contributed by atoms with Gasteiger partial charge in [-0.25, -0.2) is 4.98 Å². The number of thioether (sulfide) groups is 1. The fourth-order valence-electron chi connectivity index (χ4n) is 2.07. The van der Waals surface area contributed by atoms with Crippen molar-refractivity contribution < 1.29 is 0 Å². The van der Waals surface area contributed by atoms with Crippen LogP contribution in [0.1, 0.15) is 32.4 Å². The number of hydrogen-bond acceptors (Lipinski definition) is 4. The van der Waals surface area contributed by atoms with Crippen molar-refractivity contribution in [2.45, 2.75) is 31.6 Å². The standard InChI is InChI=1S/C13H21N3S/c1-10(14)11-4-5-12(15-8-11)16-6-7-17-13(2,3)9-16/h4-5,8,10H,6-7,9,14H2,1-3H3/t10-/m1/s1. The van der Waals surface area contributed by atoms with Gasteiger partial charge in [0.25, 0.3) is 0 Å². The average molecular weight is 251 g/mol. The fraction of sp³-hybridized carbons (Fsp3) is 0.615.